The summed E-state index contributed by atoms with van der Waals surface area (Å²) in [6.07, 6.45) is 1.49. The van der Waals surface area contributed by atoms with Gasteiger partial charge in [0.1, 0.15) is 0 Å². The van der Waals surface area contributed by atoms with Gasteiger partial charge in [0.2, 0.25) is 5.91 Å². The van der Waals surface area contributed by atoms with E-state index in [1.807, 2.05) is 0 Å². The van der Waals surface area contributed by atoms with Gasteiger partial charge in [-0.3, -0.25) is 4.79 Å². The monoisotopic (exact) mass is 354 g/mol. The van der Waals surface area contributed by atoms with Crippen molar-refractivity contribution in [3.8, 4) is 0 Å². The summed E-state index contributed by atoms with van der Waals surface area (Å²) in [4.78, 5) is 12.8. The minimum atomic E-state index is -4.37. The van der Waals surface area contributed by atoms with E-state index in [-0.39, 0.29) is 11.8 Å². The van der Waals surface area contributed by atoms with E-state index in [0.717, 1.165) is 51.3 Å². The molecule has 138 valence electrons. The molecule has 2 N–H and O–H groups in total. The Morgan fingerprint density at radius 2 is 1.80 bits per heavy atom. The molecule has 3 nitrogen and oxygen atoms in total. The second-order valence-corrected chi connectivity index (χ2v) is 7.23. The minimum Gasteiger partial charge on any atom is -0.346 e. The molecule has 1 aromatic rings. The van der Waals surface area contributed by atoms with Crippen LogP contribution in [0.15, 0.2) is 24.3 Å². The van der Waals surface area contributed by atoms with E-state index in [0.29, 0.717) is 18.4 Å². The van der Waals surface area contributed by atoms with E-state index in [1.165, 1.54) is 12.1 Å². The Balaban J connectivity index is 1.87. The van der Waals surface area contributed by atoms with Crippen LogP contribution >= 0.6 is 0 Å². The summed E-state index contributed by atoms with van der Waals surface area (Å²) in [7, 11) is 0. The maximum atomic E-state index is 13.1. The number of nitrogens with one attached hydrogen (secondary N) is 2. The molecule has 1 amide bonds. The van der Waals surface area contributed by atoms with Crippen LogP contribution in [0.4, 0.5) is 13.2 Å². The van der Waals surface area contributed by atoms with Crippen LogP contribution in [0.1, 0.15) is 56.1 Å². The molecule has 3 rings (SSSR count). The van der Waals surface area contributed by atoms with Gasteiger partial charge < -0.3 is 10.6 Å². The normalized spacial score (nSPS) is 21.7. The van der Waals surface area contributed by atoms with Gasteiger partial charge in [-0.2, -0.15) is 13.2 Å². The van der Waals surface area contributed by atoms with Crippen molar-refractivity contribution in [2.75, 3.05) is 13.1 Å². The molecular weight excluding hydrogens is 329 g/mol. The SMILES string of the molecule is O=C(NC1(c2cccc(C(F)(F)F)c2)CCCCC1)C1CCNCC1. The first-order chi connectivity index (χ1) is 11.9. The fourth-order valence-corrected chi connectivity index (χ4v) is 4.06. The molecule has 1 saturated heterocycles. The summed E-state index contributed by atoms with van der Waals surface area (Å²) in [6.45, 7) is 1.63. The molecule has 0 atom stereocenters. The lowest BCUT2D eigenvalue weighted by atomic mass is 9.75. The summed E-state index contributed by atoms with van der Waals surface area (Å²) in [5.74, 6) is -0.0633. The highest BCUT2D eigenvalue weighted by molar-refractivity contribution is 5.79. The fourth-order valence-electron chi connectivity index (χ4n) is 4.06. The maximum Gasteiger partial charge on any atom is 0.416 e. The Morgan fingerprint density at radius 3 is 2.44 bits per heavy atom. The maximum absolute atomic E-state index is 13.1. The molecular formula is C19H25F3N2O. The zero-order valence-corrected chi connectivity index (χ0v) is 14.3. The topological polar surface area (TPSA) is 41.1 Å². The lowest BCUT2D eigenvalue weighted by Crippen LogP contribution is -2.50. The van der Waals surface area contributed by atoms with Gasteiger partial charge in [0.25, 0.3) is 0 Å². The van der Waals surface area contributed by atoms with Crippen LogP contribution in [0.25, 0.3) is 0 Å². The van der Waals surface area contributed by atoms with Gasteiger partial charge in [-0.1, -0.05) is 31.4 Å². The number of piperidine rings is 1. The Morgan fingerprint density at radius 1 is 1.12 bits per heavy atom. The second kappa shape index (κ2) is 7.36. The summed E-state index contributed by atoms with van der Waals surface area (Å²) in [5.41, 5.74) is -0.725. The average molecular weight is 354 g/mol. The van der Waals surface area contributed by atoms with Gasteiger partial charge >= 0.3 is 6.18 Å². The minimum absolute atomic E-state index is 0.0131. The van der Waals surface area contributed by atoms with Gasteiger partial charge in [0, 0.05) is 5.92 Å². The van der Waals surface area contributed by atoms with E-state index in [9.17, 15) is 18.0 Å². The van der Waals surface area contributed by atoms with Crippen LogP contribution in [0.3, 0.4) is 0 Å². The number of alkyl halides is 3. The second-order valence-electron chi connectivity index (χ2n) is 7.23. The zero-order chi connectivity index (χ0) is 17.9. The highest BCUT2D eigenvalue weighted by Gasteiger charge is 2.39. The van der Waals surface area contributed by atoms with Crippen LogP contribution in [0.5, 0.6) is 0 Å². The van der Waals surface area contributed by atoms with Crippen molar-refractivity contribution in [3.63, 3.8) is 0 Å². The molecule has 1 aromatic carbocycles. The number of hydrogen-bond donors (Lipinski definition) is 2. The van der Waals surface area contributed by atoms with E-state index >= 15 is 0 Å². The molecule has 1 saturated carbocycles. The van der Waals surface area contributed by atoms with Gasteiger partial charge in [-0.25, -0.2) is 0 Å². The number of halogens is 3. The molecule has 2 fully saturated rings. The van der Waals surface area contributed by atoms with E-state index in [1.54, 1.807) is 6.07 Å². The summed E-state index contributed by atoms with van der Waals surface area (Å²) in [5, 5.41) is 6.40. The third-order valence-electron chi connectivity index (χ3n) is 5.52. The standard InChI is InChI=1S/C19H25F3N2O/c20-19(21,22)16-6-4-5-15(13-16)18(9-2-1-3-10-18)24-17(25)14-7-11-23-12-8-14/h4-6,13-14,23H,1-3,7-12H2,(H,24,25). The lowest BCUT2D eigenvalue weighted by molar-refractivity contribution is -0.137. The largest absolute Gasteiger partial charge is 0.416 e. The Bertz CT molecular complexity index is 603. The molecule has 1 heterocycles. The van der Waals surface area contributed by atoms with Crippen LogP contribution in [0, 0.1) is 5.92 Å². The fraction of sp³-hybridized carbons (Fsp3) is 0.632. The van der Waals surface area contributed by atoms with Crippen molar-refractivity contribution < 1.29 is 18.0 Å². The van der Waals surface area contributed by atoms with E-state index in [2.05, 4.69) is 10.6 Å². The number of hydrogen-bond acceptors (Lipinski definition) is 2. The van der Waals surface area contributed by atoms with Crippen LogP contribution in [0.2, 0.25) is 0 Å². The molecule has 1 aliphatic carbocycles. The quantitative estimate of drug-likeness (QED) is 0.862. The summed E-state index contributed by atoms with van der Waals surface area (Å²) < 4.78 is 39.4. The molecule has 1 aliphatic heterocycles. The molecule has 0 bridgehead atoms. The Kier molecular flexibility index (Phi) is 5.37. The molecule has 0 unspecified atom stereocenters. The van der Waals surface area contributed by atoms with Crippen molar-refractivity contribution in [2.45, 2.75) is 56.7 Å². The number of amides is 1. The smallest absolute Gasteiger partial charge is 0.346 e. The first-order valence-electron chi connectivity index (χ1n) is 9.11. The van der Waals surface area contributed by atoms with Crippen LogP contribution in [-0.2, 0) is 16.5 Å². The van der Waals surface area contributed by atoms with Gasteiger partial charge in [-0.05, 0) is 56.5 Å². The predicted octanol–water partition coefficient (Wildman–Crippen LogP) is 3.98. The lowest BCUT2D eigenvalue weighted by Gasteiger charge is -2.40. The van der Waals surface area contributed by atoms with E-state index in [4.69, 9.17) is 0 Å². The third kappa shape index (κ3) is 4.17. The predicted molar refractivity (Wildman–Crippen MR) is 89.9 cm³/mol. The number of carbonyl (C=O) groups is 1. The van der Waals surface area contributed by atoms with Crippen molar-refractivity contribution in [1.29, 1.82) is 0 Å². The van der Waals surface area contributed by atoms with Crippen molar-refractivity contribution >= 4 is 5.91 Å². The first-order valence-corrected chi connectivity index (χ1v) is 9.11. The first kappa shape index (κ1) is 18.2. The third-order valence-corrected chi connectivity index (χ3v) is 5.52. The molecule has 25 heavy (non-hydrogen) atoms. The molecule has 0 radical (unpaired) electrons. The van der Waals surface area contributed by atoms with Crippen molar-refractivity contribution in [1.82, 2.24) is 10.6 Å². The summed E-state index contributed by atoms with van der Waals surface area (Å²) in [6, 6.07) is 5.48. The highest BCUT2D eigenvalue weighted by Crippen LogP contribution is 2.40. The molecule has 0 spiro atoms. The Labute approximate surface area is 146 Å². The molecule has 2 aliphatic rings. The Hall–Kier alpha value is -1.56. The highest BCUT2D eigenvalue weighted by atomic mass is 19.4. The van der Waals surface area contributed by atoms with Gasteiger partial charge in [-0.15, -0.1) is 0 Å². The van der Waals surface area contributed by atoms with Gasteiger partial charge in [0.15, 0.2) is 0 Å². The van der Waals surface area contributed by atoms with Gasteiger partial charge in [0.05, 0.1) is 11.1 Å². The van der Waals surface area contributed by atoms with Crippen LogP contribution in [-0.4, -0.2) is 19.0 Å². The zero-order valence-electron chi connectivity index (χ0n) is 14.3. The van der Waals surface area contributed by atoms with Crippen LogP contribution < -0.4 is 10.6 Å². The number of rotatable bonds is 3. The summed E-state index contributed by atoms with van der Waals surface area (Å²) >= 11 is 0. The number of carbonyl (C=O) groups excluding carboxylic acids is 1. The molecule has 0 aromatic heterocycles. The van der Waals surface area contributed by atoms with Crippen molar-refractivity contribution in [2.24, 2.45) is 5.92 Å². The van der Waals surface area contributed by atoms with Crippen molar-refractivity contribution in [3.05, 3.63) is 35.4 Å². The molecule has 6 heteroatoms. The average Bonchev–Trinajstić information content (AvgIpc) is 2.62. The van der Waals surface area contributed by atoms with E-state index < -0.39 is 17.3 Å². The number of benzene rings is 1.